The van der Waals surface area contributed by atoms with Gasteiger partial charge in [0.05, 0.1) is 21.8 Å². The lowest BCUT2D eigenvalue weighted by Crippen LogP contribution is -2.12. The van der Waals surface area contributed by atoms with Crippen LogP contribution in [0.5, 0.6) is 0 Å². The van der Waals surface area contributed by atoms with Crippen LogP contribution in [0.3, 0.4) is 0 Å². The van der Waals surface area contributed by atoms with Crippen molar-refractivity contribution >= 4 is 59.3 Å². The molecule has 0 aliphatic heterocycles. The monoisotopic (exact) mass is 629 g/mol. The molecule has 0 N–H and O–H groups in total. The Morgan fingerprint density at radius 3 is 1.65 bits per heavy atom. The topological polar surface area (TPSA) is 3.24 Å². The van der Waals surface area contributed by atoms with Crippen LogP contribution in [0.4, 0.5) is 17.1 Å². The van der Waals surface area contributed by atoms with Crippen molar-refractivity contribution < 1.29 is 0 Å². The van der Waals surface area contributed by atoms with E-state index in [4.69, 9.17) is 0 Å². The van der Waals surface area contributed by atoms with Gasteiger partial charge in [0, 0.05) is 26.6 Å². The van der Waals surface area contributed by atoms with Gasteiger partial charge in [0.1, 0.15) is 0 Å². The molecule has 2 heteroatoms. The van der Waals surface area contributed by atoms with Crippen LogP contribution >= 0.6 is 11.3 Å². The summed E-state index contributed by atoms with van der Waals surface area (Å²) in [5, 5.41) is 5.10. The van der Waals surface area contributed by atoms with E-state index in [2.05, 4.69) is 193 Å². The van der Waals surface area contributed by atoms with Crippen molar-refractivity contribution in [2.75, 3.05) is 4.90 Å². The zero-order valence-corrected chi connectivity index (χ0v) is 27.1. The predicted octanol–water partition coefficient (Wildman–Crippen LogP) is 13.7. The molecule has 0 aliphatic rings. The van der Waals surface area contributed by atoms with Crippen molar-refractivity contribution in [3.05, 3.63) is 188 Å². The number of benzene rings is 8. The largest absolute Gasteiger partial charge is 0.308 e. The van der Waals surface area contributed by atoms with Crippen molar-refractivity contribution in [3.63, 3.8) is 0 Å². The summed E-state index contributed by atoms with van der Waals surface area (Å²) in [6.07, 6.45) is 0. The molecule has 1 heterocycles. The third-order valence-corrected chi connectivity index (χ3v) is 10.5. The second-order valence-electron chi connectivity index (χ2n) is 12.1. The standard InChI is InChI=1S/C46H31NS/c1-2-15-33(16-3-1)38-22-6-9-27-42(38)47(44-29-14-26-41-40-24-8-11-30-45(40)48-46(41)44)43-28-10-7-23-39(43)35-20-12-19-34(31-35)37-25-13-18-32-17-4-5-21-36(32)37/h1-31H. The molecule has 0 unspecified atom stereocenters. The highest BCUT2D eigenvalue weighted by atomic mass is 32.1. The minimum atomic E-state index is 1.14. The second kappa shape index (κ2) is 12.0. The molecular formula is C46H31NS. The summed E-state index contributed by atoms with van der Waals surface area (Å²) in [6, 6.07) is 68.1. The smallest absolute Gasteiger partial charge is 0.0640 e. The lowest BCUT2D eigenvalue weighted by Gasteiger charge is -2.30. The predicted molar refractivity (Wildman–Crippen MR) is 208 cm³/mol. The molecule has 1 nitrogen and oxygen atoms in total. The first-order valence-electron chi connectivity index (χ1n) is 16.4. The Bertz CT molecular complexity index is 2570. The number of hydrogen-bond acceptors (Lipinski definition) is 2. The molecule has 0 saturated heterocycles. The van der Waals surface area contributed by atoms with Crippen LogP contribution in [0.25, 0.3) is 64.3 Å². The average Bonchev–Trinajstić information content (AvgIpc) is 3.55. The zero-order chi connectivity index (χ0) is 31.9. The van der Waals surface area contributed by atoms with Gasteiger partial charge in [-0.3, -0.25) is 0 Å². The molecule has 1 aromatic heterocycles. The van der Waals surface area contributed by atoms with Gasteiger partial charge >= 0.3 is 0 Å². The van der Waals surface area contributed by atoms with E-state index in [1.165, 1.54) is 70.0 Å². The summed E-state index contributed by atoms with van der Waals surface area (Å²) in [5.41, 5.74) is 10.7. The van der Waals surface area contributed by atoms with Crippen LogP contribution in [-0.2, 0) is 0 Å². The van der Waals surface area contributed by atoms with E-state index in [-0.39, 0.29) is 0 Å². The van der Waals surface area contributed by atoms with E-state index in [1.807, 2.05) is 11.3 Å². The summed E-state index contributed by atoms with van der Waals surface area (Å²) in [5.74, 6) is 0. The van der Waals surface area contributed by atoms with Crippen molar-refractivity contribution in [2.45, 2.75) is 0 Å². The Hall–Kier alpha value is -5.96. The number of rotatable bonds is 6. The highest BCUT2D eigenvalue weighted by Gasteiger charge is 2.23. The van der Waals surface area contributed by atoms with Crippen molar-refractivity contribution in [1.29, 1.82) is 0 Å². The van der Waals surface area contributed by atoms with Gasteiger partial charge in [-0.2, -0.15) is 0 Å². The van der Waals surface area contributed by atoms with Crippen LogP contribution < -0.4 is 4.90 Å². The second-order valence-corrected chi connectivity index (χ2v) is 13.1. The molecule has 226 valence electrons. The number of para-hydroxylation sites is 2. The van der Waals surface area contributed by atoms with Gasteiger partial charge in [-0.25, -0.2) is 0 Å². The maximum atomic E-state index is 2.49. The Morgan fingerprint density at radius 2 is 0.833 bits per heavy atom. The molecule has 0 radical (unpaired) electrons. The first-order valence-corrected chi connectivity index (χ1v) is 17.2. The number of hydrogen-bond donors (Lipinski definition) is 0. The van der Waals surface area contributed by atoms with Gasteiger partial charge in [0.15, 0.2) is 0 Å². The Balaban J connectivity index is 1.30. The fraction of sp³-hybridized carbons (Fsp3) is 0. The van der Waals surface area contributed by atoms with Gasteiger partial charge in [-0.1, -0.05) is 158 Å². The molecule has 0 fully saturated rings. The summed E-state index contributed by atoms with van der Waals surface area (Å²) >= 11 is 1.87. The Morgan fingerprint density at radius 1 is 0.333 bits per heavy atom. The first kappa shape index (κ1) is 28.3. The van der Waals surface area contributed by atoms with E-state index >= 15 is 0 Å². The Labute approximate surface area is 284 Å². The number of fused-ring (bicyclic) bond motifs is 4. The SMILES string of the molecule is c1ccc(-c2ccccc2N(c2ccccc2-c2cccc(-c3cccc4ccccc34)c2)c2cccc3c2sc2ccccc23)cc1. The molecule has 0 aliphatic carbocycles. The maximum absolute atomic E-state index is 2.49. The van der Waals surface area contributed by atoms with E-state index in [1.54, 1.807) is 0 Å². The van der Waals surface area contributed by atoms with Crippen LogP contribution in [0.1, 0.15) is 0 Å². The number of nitrogens with zero attached hydrogens (tertiary/aromatic N) is 1. The minimum Gasteiger partial charge on any atom is -0.308 e. The summed E-state index contributed by atoms with van der Waals surface area (Å²) < 4.78 is 2.58. The van der Waals surface area contributed by atoms with Crippen molar-refractivity contribution in [1.82, 2.24) is 0 Å². The molecule has 0 saturated carbocycles. The van der Waals surface area contributed by atoms with E-state index < -0.39 is 0 Å². The molecular weight excluding hydrogens is 599 g/mol. The third-order valence-electron chi connectivity index (χ3n) is 9.27. The minimum absolute atomic E-state index is 1.14. The van der Waals surface area contributed by atoms with Gasteiger partial charge in [-0.15, -0.1) is 11.3 Å². The highest BCUT2D eigenvalue weighted by molar-refractivity contribution is 7.26. The van der Waals surface area contributed by atoms with Crippen LogP contribution in [0.15, 0.2) is 188 Å². The molecule has 8 aromatic carbocycles. The Kier molecular flexibility index (Phi) is 7.07. The molecule has 0 atom stereocenters. The molecule has 0 spiro atoms. The van der Waals surface area contributed by atoms with E-state index in [9.17, 15) is 0 Å². The average molecular weight is 630 g/mol. The quantitative estimate of drug-likeness (QED) is 0.177. The fourth-order valence-corrected chi connectivity index (χ4v) is 8.28. The van der Waals surface area contributed by atoms with Gasteiger partial charge in [0.2, 0.25) is 0 Å². The molecule has 9 aromatic rings. The number of thiophene rings is 1. The van der Waals surface area contributed by atoms with Crippen LogP contribution in [-0.4, -0.2) is 0 Å². The zero-order valence-electron chi connectivity index (χ0n) is 26.3. The molecule has 48 heavy (non-hydrogen) atoms. The van der Waals surface area contributed by atoms with Crippen LogP contribution in [0, 0.1) is 0 Å². The van der Waals surface area contributed by atoms with Gasteiger partial charge in [-0.05, 0) is 63.4 Å². The van der Waals surface area contributed by atoms with Crippen molar-refractivity contribution in [3.8, 4) is 33.4 Å². The number of anilines is 3. The lowest BCUT2D eigenvalue weighted by atomic mass is 9.94. The normalized spacial score (nSPS) is 11.3. The maximum Gasteiger partial charge on any atom is 0.0640 e. The van der Waals surface area contributed by atoms with Gasteiger partial charge in [0.25, 0.3) is 0 Å². The molecule has 9 rings (SSSR count). The highest BCUT2D eigenvalue weighted by Crippen LogP contribution is 2.49. The van der Waals surface area contributed by atoms with E-state index in [0.717, 1.165) is 11.4 Å². The van der Waals surface area contributed by atoms with Crippen LogP contribution in [0.2, 0.25) is 0 Å². The summed E-state index contributed by atoms with van der Waals surface area (Å²) in [4.78, 5) is 2.49. The van der Waals surface area contributed by atoms with E-state index in [0.29, 0.717) is 0 Å². The van der Waals surface area contributed by atoms with Crippen molar-refractivity contribution in [2.24, 2.45) is 0 Å². The summed E-state index contributed by atoms with van der Waals surface area (Å²) in [6.45, 7) is 0. The molecule has 0 bridgehead atoms. The summed E-state index contributed by atoms with van der Waals surface area (Å²) in [7, 11) is 0. The first-order chi connectivity index (χ1) is 23.8. The molecule has 0 amide bonds. The fourth-order valence-electron chi connectivity index (χ4n) is 7.07. The third kappa shape index (κ3) is 4.86. The van der Waals surface area contributed by atoms with Gasteiger partial charge < -0.3 is 4.90 Å². The lowest BCUT2D eigenvalue weighted by molar-refractivity contribution is 1.30.